The molecule has 0 radical (unpaired) electrons. The van der Waals surface area contributed by atoms with Gasteiger partial charge < -0.3 is 20.1 Å². The lowest BCUT2D eigenvalue weighted by Crippen LogP contribution is -2.48. The molecule has 2 fully saturated rings. The summed E-state index contributed by atoms with van der Waals surface area (Å²) in [6.07, 6.45) is 0.121. The molecule has 3 atom stereocenters. The van der Waals surface area contributed by atoms with Gasteiger partial charge in [0.05, 0.1) is 13.0 Å². The lowest BCUT2D eigenvalue weighted by Gasteiger charge is -2.31. The molecule has 2 rings (SSSR count). The maximum Gasteiger partial charge on any atom is 0.323 e. The third-order valence-corrected chi connectivity index (χ3v) is 3.17. The largest absolute Gasteiger partial charge is 0.462 e. The summed E-state index contributed by atoms with van der Waals surface area (Å²) in [6.45, 7) is 4.40. The fourth-order valence-corrected chi connectivity index (χ4v) is 1.89. The molecule has 0 bridgehead atoms. The second-order valence-corrected chi connectivity index (χ2v) is 4.86. The molecule has 6 nitrogen and oxygen atoms in total. The molecule has 0 spiro atoms. The summed E-state index contributed by atoms with van der Waals surface area (Å²) in [5, 5.41) is 0. The average molecular weight is 242 g/mol. The predicted molar refractivity (Wildman–Crippen MR) is 58.8 cm³/mol. The van der Waals surface area contributed by atoms with Crippen molar-refractivity contribution >= 4 is 11.9 Å². The first-order valence-corrected chi connectivity index (χ1v) is 5.86. The molecule has 6 heteroatoms. The zero-order chi connectivity index (χ0) is 12.6. The van der Waals surface area contributed by atoms with Crippen molar-refractivity contribution < 1.29 is 19.1 Å². The molecule has 2 aliphatic heterocycles. The molecule has 0 saturated carbocycles. The van der Waals surface area contributed by atoms with Crippen molar-refractivity contribution in [3.05, 3.63) is 0 Å². The van der Waals surface area contributed by atoms with Gasteiger partial charge in [0.1, 0.15) is 25.0 Å². The average Bonchev–Trinajstić information content (AvgIpc) is 2.61. The van der Waals surface area contributed by atoms with Gasteiger partial charge in [-0.1, -0.05) is 13.8 Å². The molecule has 0 aromatic rings. The van der Waals surface area contributed by atoms with E-state index in [-0.39, 0.29) is 30.8 Å². The first-order chi connectivity index (χ1) is 7.99. The van der Waals surface area contributed by atoms with Gasteiger partial charge in [0.2, 0.25) is 5.91 Å². The van der Waals surface area contributed by atoms with E-state index < -0.39 is 12.0 Å². The fraction of sp³-hybridized carbons (Fsp3) is 0.818. The van der Waals surface area contributed by atoms with Crippen LogP contribution in [0.15, 0.2) is 0 Å². The molecule has 1 amide bonds. The number of rotatable bonds is 4. The van der Waals surface area contributed by atoms with Crippen LogP contribution in [0.3, 0.4) is 0 Å². The van der Waals surface area contributed by atoms with E-state index in [0.717, 1.165) is 0 Å². The first kappa shape index (κ1) is 12.3. The highest BCUT2D eigenvalue weighted by molar-refractivity contribution is 5.83. The molecule has 17 heavy (non-hydrogen) atoms. The Bertz CT molecular complexity index is 331. The number of nitrogens with two attached hydrogens (primary N) is 1. The molecule has 96 valence electrons. The zero-order valence-corrected chi connectivity index (χ0v) is 10.1. The van der Waals surface area contributed by atoms with Gasteiger partial charge in [-0.2, -0.15) is 0 Å². The number of nitrogens with zero attached hydrogens (tertiary/aromatic N) is 1. The van der Waals surface area contributed by atoms with E-state index in [2.05, 4.69) is 0 Å². The molecular formula is C11H18N2O4. The van der Waals surface area contributed by atoms with Crippen LogP contribution in [0, 0.1) is 5.92 Å². The Morgan fingerprint density at radius 1 is 1.65 bits per heavy atom. The molecule has 2 aliphatic rings. The van der Waals surface area contributed by atoms with Crippen LogP contribution in [0.4, 0.5) is 0 Å². The number of hydrogen-bond acceptors (Lipinski definition) is 5. The maximum atomic E-state index is 11.5. The number of amides is 1. The summed E-state index contributed by atoms with van der Waals surface area (Å²) in [6, 6.07) is -0.602. The van der Waals surface area contributed by atoms with Crippen molar-refractivity contribution in [2.45, 2.75) is 38.6 Å². The van der Waals surface area contributed by atoms with E-state index in [0.29, 0.717) is 13.0 Å². The molecule has 0 aromatic carbocycles. The Morgan fingerprint density at radius 2 is 2.35 bits per heavy atom. The molecule has 2 saturated heterocycles. The van der Waals surface area contributed by atoms with E-state index in [9.17, 15) is 9.59 Å². The maximum absolute atomic E-state index is 11.5. The van der Waals surface area contributed by atoms with Gasteiger partial charge in [0.15, 0.2) is 0 Å². The summed E-state index contributed by atoms with van der Waals surface area (Å²) in [5.41, 5.74) is 5.65. The summed E-state index contributed by atoms with van der Waals surface area (Å²) < 4.78 is 10.6. The number of hydrogen-bond donors (Lipinski definition) is 1. The van der Waals surface area contributed by atoms with Gasteiger partial charge in [-0.15, -0.1) is 0 Å². The molecule has 0 aliphatic carbocycles. The summed E-state index contributed by atoms with van der Waals surface area (Å²) >= 11 is 0. The van der Waals surface area contributed by atoms with Gasteiger partial charge in [0, 0.05) is 0 Å². The van der Waals surface area contributed by atoms with Gasteiger partial charge >= 0.3 is 5.97 Å². The van der Waals surface area contributed by atoms with E-state index in [1.165, 1.54) is 0 Å². The number of fused-ring (bicyclic) bond motifs is 1. The molecule has 0 aromatic heterocycles. The van der Waals surface area contributed by atoms with Crippen LogP contribution in [0.2, 0.25) is 0 Å². The minimum atomic E-state index is -0.602. The Balaban J connectivity index is 1.73. The molecule has 2 N–H and O–H groups in total. The van der Waals surface area contributed by atoms with Crippen LogP contribution in [-0.2, 0) is 19.1 Å². The topological polar surface area (TPSA) is 81.9 Å². The standard InChI is InChI=1S/C11H18N2O4/c1-6(2)10(12)11(15)16-5-7-4-13-8(14)3-9(13)17-7/h6-7,9-10H,3-5,12H2,1-2H3. The highest BCUT2D eigenvalue weighted by Crippen LogP contribution is 2.28. The molecule has 2 heterocycles. The smallest absolute Gasteiger partial charge is 0.323 e. The van der Waals surface area contributed by atoms with Crippen LogP contribution in [0.25, 0.3) is 0 Å². The lowest BCUT2D eigenvalue weighted by atomic mass is 10.1. The number of ether oxygens (including phenoxy) is 2. The minimum absolute atomic E-state index is 0.0495. The Kier molecular flexibility index (Phi) is 3.35. The lowest BCUT2D eigenvalue weighted by molar-refractivity contribution is -0.160. The third-order valence-electron chi connectivity index (χ3n) is 3.17. The van der Waals surface area contributed by atoms with E-state index >= 15 is 0 Å². The second kappa shape index (κ2) is 4.62. The van der Waals surface area contributed by atoms with Crippen molar-refractivity contribution in [2.75, 3.05) is 13.2 Å². The highest BCUT2D eigenvalue weighted by Gasteiger charge is 2.45. The van der Waals surface area contributed by atoms with Crippen molar-refractivity contribution in [1.29, 1.82) is 0 Å². The summed E-state index contributed by atoms with van der Waals surface area (Å²) in [5.74, 6) is -0.264. The van der Waals surface area contributed by atoms with Gasteiger partial charge in [0.25, 0.3) is 0 Å². The summed E-state index contributed by atoms with van der Waals surface area (Å²) in [7, 11) is 0. The van der Waals surface area contributed by atoms with Crippen molar-refractivity contribution in [3.63, 3.8) is 0 Å². The van der Waals surface area contributed by atoms with Crippen LogP contribution in [0.1, 0.15) is 20.3 Å². The van der Waals surface area contributed by atoms with Crippen LogP contribution in [0.5, 0.6) is 0 Å². The van der Waals surface area contributed by atoms with E-state index in [1.807, 2.05) is 13.8 Å². The van der Waals surface area contributed by atoms with Crippen LogP contribution in [-0.4, -0.2) is 48.3 Å². The fourth-order valence-electron chi connectivity index (χ4n) is 1.89. The monoisotopic (exact) mass is 242 g/mol. The quantitative estimate of drug-likeness (QED) is 0.529. The van der Waals surface area contributed by atoms with Gasteiger partial charge in [-0.25, -0.2) is 0 Å². The van der Waals surface area contributed by atoms with Gasteiger partial charge in [-0.05, 0) is 5.92 Å². The van der Waals surface area contributed by atoms with E-state index in [1.54, 1.807) is 4.90 Å². The van der Waals surface area contributed by atoms with Crippen LogP contribution < -0.4 is 5.73 Å². The first-order valence-electron chi connectivity index (χ1n) is 5.86. The minimum Gasteiger partial charge on any atom is -0.462 e. The number of carbonyl (C=O) groups is 2. The SMILES string of the molecule is CC(C)C(N)C(=O)OCC1CN2C(=O)CC2O1. The third kappa shape index (κ3) is 2.42. The van der Waals surface area contributed by atoms with Crippen molar-refractivity contribution in [3.8, 4) is 0 Å². The second-order valence-electron chi connectivity index (χ2n) is 4.86. The normalized spacial score (nSPS) is 28.9. The Labute approximate surface area is 100 Å². The van der Waals surface area contributed by atoms with Crippen molar-refractivity contribution in [2.24, 2.45) is 11.7 Å². The number of esters is 1. The van der Waals surface area contributed by atoms with E-state index in [4.69, 9.17) is 15.2 Å². The number of β-lactam (4-membered cyclic amide) rings is 1. The highest BCUT2D eigenvalue weighted by atomic mass is 16.6. The van der Waals surface area contributed by atoms with Crippen LogP contribution >= 0.6 is 0 Å². The summed E-state index contributed by atoms with van der Waals surface area (Å²) in [4.78, 5) is 24.3. The molecular weight excluding hydrogens is 224 g/mol. The Morgan fingerprint density at radius 3 is 2.88 bits per heavy atom. The van der Waals surface area contributed by atoms with Crippen molar-refractivity contribution in [1.82, 2.24) is 4.90 Å². The van der Waals surface area contributed by atoms with Gasteiger partial charge in [-0.3, -0.25) is 9.59 Å². The zero-order valence-electron chi connectivity index (χ0n) is 10.1. The Hall–Kier alpha value is -1.14. The molecule has 3 unspecified atom stereocenters. The predicted octanol–water partition coefficient (Wildman–Crippen LogP) is -0.530. The number of carbonyl (C=O) groups excluding carboxylic acids is 2.